The van der Waals surface area contributed by atoms with E-state index in [9.17, 15) is 10.2 Å². The van der Waals surface area contributed by atoms with Gasteiger partial charge in [-0.2, -0.15) is 0 Å². The minimum Gasteiger partial charge on any atom is -0.867 e. The molecule has 0 amide bonds. The first kappa shape index (κ1) is 31.0. The van der Waals surface area contributed by atoms with Gasteiger partial charge in [-0.3, -0.25) is 4.90 Å². The highest BCUT2D eigenvalue weighted by Crippen LogP contribution is 2.46. The van der Waals surface area contributed by atoms with Crippen LogP contribution in [0.5, 0.6) is 46.0 Å². The molecule has 0 aliphatic carbocycles. The Hall–Kier alpha value is -4.99. The third kappa shape index (κ3) is 6.11. The largest absolute Gasteiger partial charge is 0.867 e. The number of hydrogen-bond acceptors (Lipinski definition) is 8. The molecule has 1 aliphatic rings. The number of pyridine rings is 1. The van der Waals surface area contributed by atoms with E-state index < -0.39 is 0 Å². The highest BCUT2D eigenvalue weighted by atomic mass is 16.5. The van der Waals surface area contributed by atoms with Crippen LogP contribution in [0.3, 0.4) is 0 Å². The standard InChI is InChI=1S/C37H38N2O7/c1-38-14-12-26-19-35(44-5)36(41)37(29(26)21-38)46-34-20-28-25(18-32(34)43-4)13-15-39(2)30(28)16-23-6-9-27(10-7-23)45-33-17-24(22-40)8-11-31(33)42-3/h6-12,14,17-21,30,40H,13,15-16,22H2,1-5H3. The first-order valence-electron chi connectivity index (χ1n) is 15.1. The molecule has 0 saturated heterocycles. The molecule has 2 heterocycles. The summed E-state index contributed by atoms with van der Waals surface area (Å²) in [4.78, 5) is 2.34. The van der Waals surface area contributed by atoms with Gasteiger partial charge in [0.25, 0.3) is 0 Å². The molecule has 1 aliphatic heterocycles. The van der Waals surface area contributed by atoms with Gasteiger partial charge in [0.1, 0.15) is 24.3 Å². The van der Waals surface area contributed by atoms with Crippen molar-refractivity contribution in [1.82, 2.24) is 4.90 Å². The molecule has 0 radical (unpaired) electrons. The summed E-state index contributed by atoms with van der Waals surface area (Å²) in [5, 5.41) is 24.5. The topological polar surface area (TPSA) is 96.6 Å². The van der Waals surface area contributed by atoms with E-state index in [0.717, 1.165) is 41.5 Å². The lowest BCUT2D eigenvalue weighted by molar-refractivity contribution is -0.670. The molecule has 6 rings (SSSR count). The highest BCUT2D eigenvalue weighted by Gasteiger charge is 2.28. The number of aliphatic hydroxyl groups is 1. The Morgan fingerprint density at radius 3 is 2.26 bits per heavy atom. The van der Waals surface area contributed by atoms with Gasteiger partial charge in [0.2, 0.25) is 0 Å². The first-order chi connectivity index (χ1) is 22.3. The van der Waals surface area contributed by atoms with Crippen molar-refractivity contribution in [2.45, 2.75) is 25.5 Å². The molecule has 4 aromatic carbocycles. The summed E-state index contributed by atoms with van der Waals surface area (Å²) in [5.41, 5.74) is 4.19. The molecule has 9 heteroatoms. The fourth-order valence-corrected chi connectivity index (χ4v) is 6.01. The van der Waals surface area contributed by atoms with Crippen LogP contribution in [0.1, 0.15) is 28.3 Å². The summed E-state index contributed by atoms with van der Waals surface area (Å²) in [7, 11) is 8.72. The first-order valence-corrected chi connectivity index (χ1v) is 15.1. The van der Waals surface area contributed by atoms with Crippen LogP contribution in [0, 0.1) is 0 Å². The maximum absolute atomic E-state index is 13.4. The van der Waals surface area contributed by atoms with Crippen LogP contribution >= 0.6 is 0 Å². The van der Waals surface area contributed by atoms with E-state index in [1.165, 1.54) is 12.7 Å². The summed E-state index contributed by atoms with van der Waals surface area (Å²) in [6.45, 7) is 0.812. The molecule has 1 unspecified atom stereocenters. The predicted octanol–water partition coefficient (Wildman–Crippen LogP) is 5.61. The van der Waals surface area contributed by atoms with Crippen molar-refractivity contribution in [2.75, 3.05) is 34.9 Å². The Labute approximate surface area is 268 Å². The molecule has 0 bridgehead atoms. The van der Waals surface area contributed by atoms with Gasteiger partial charge in [0.05, 0.1) is 33.3 Å². The van der Waals surface area contributed by atoms with Crippen molar-refractivity contribution in [1.29, 1.82) is 0 Å². The summed E-state index contributed by atoms with van der Waals surface area (Å²) >= 11 is 0. The Kier molecular flexibility index (Phi) is 8.87. The molecule has 0 saturated carbocycles. The second-order valence-corrected chi connectivity index (χ2v) is 11.5. The lowest BCUT2D eigenvalue weighted by Crippen LogP contribution is -2.33. The molecule has 0 fully saturated rings. The molecule has 1 atom stereocenters. The quantitative estimate of drug-likeness (QED) is 0.201. The number of rotatable bonds is 10. The smallest absolute Gasteiger partial charge is 0.180 e. The number of fused-ring (bicyclic) bond motifs is 2. The normalized spacial score (nSPS) is 14.5. The van der Waals surface area contributed by atoms with Crippen molar-refractivity contribution >= 4 is 10.8 Å². The van der Waals surface area contributed by atoms with Crippen LogP contribution in [-0.4, -0.2) is 44.9 Å². The molecule has 9 nitrogen and oxygen atoms in total. The zero-order valence-electron chi connectivity index (χ0n) is 26.7. The Bertz CT molecular complexity index is 1870. The number of likely N-dealkylation sites (N-methyl/N-ethyl adjacent to an activating group) is 1. The number of aliphatic hydroxyl groups excluding tert-OH is 1. The molecule has 1 N–H and O–H groups in total. The van der Waals surface area contributed by atoms with Crippen molar-refractivity contribution in [3.8, 4) is 46.0 Å². The van der Waals surface area contributed by atoms with E-state index in [0.29, 0.717) is 34.1 Å². The SMILES string of the molecule is COc1ccc(CO)cc1Oc1ccc(CC2c3cc(Oc4c([O-])c(OC)cc5cc[n+](C)cc45)c(OC)cc3CCN2C)cc1. The fourth-order valence-electron chi connectivity index (χ4n) is 6.01. The zero-order chi connectivity index (χ0) is 32.4. The molecule has 5 aromatic rings. The third-order valence-corrected chi connectivity index (χ3v) is 8.57. The van der Waals surface area contributed by atoms with Gasteiger partial charge >= 0.3 is 0 Å². The van der Waals surface area contributed by atoms with Gasteiger partial charge in [-0.1, -0.05) is 18.2 Å². The van der Waals surface area contributed by atoms with Crippen molar-refractivity contribution in [3.05, 3.63) is 101 Å². The van der Waals surface area contributed by atoms with E-state index in [4.69, 9.17) is 23.7 Å². The van der Waals surface area contributed by atoms with Gasteiger partial charge < -0.3 is 33.9 Å². The third-order valence-electron chi connectivity index (χ3n) is 8.57. The van der Waals surface area contributed by atoms with Gasteiger partial charge in [-0.05, 0) is 90.4 Å². The average Bonchev–Trinajstić information content (AvgIpc) is 3.07. The Morgan fingerprint density at radius 2 is 1.54 bits per heavy atom. The molecule has 46 heavy (non-hydrogen) atoms. The minimum absolute atomic E-state index is 0.0664. The van der Waals surface area contributed by atoms with Crippen LogP contribution in [0.4, 0.5) is 0 Å². The van der Waals surface area contributed by atoms with E-state index in [1.807, 2.05) is 54.3 Å². The lowest BCUT2D eigenvalue weighted by Gasteiger charge is -2.35. The summed E-state index contributed by atoms with van der Waals surface area (Å²) < 4.78 is 31.1. The molecule has 238 valence electrons. The monoisotopic (exact) mass is 622 g/mol. The van der Waals surface area contributed by atoms with Crippen molar-refractivity contribution in [3.63, 3.8) is 0 Å². The Morgan fingerprint density at radius 1 is 0.826 bits per heavy atom. The number of aromatic nitrogens is 1. The molecular formula is C37H38N2O7. The maximum atomic E-state index is 13.4. The summed E-state index contributed by atoms with van der Waals surface area (Å²) in [5.74, 6) is 2.94. The van der Waals surface area contributed by atoms with Crippen molar-refractivity contribution < 1.29 is 38.5 Å². The zero-order valence-corrected chi connectivity index (χ0v) is 26.7. The number of nitrogens with zero attached hydrogens (tertiary/aromatic N) is 2. The highest BCUT2D eigenvalue weighted by molar-refractivity contribution is 5.91. The minimum atomic E-state index is -0.322. The average molecular weight is 623 g/mol. The number of aryl methyl sites for hydroxylation is 1. The number of methoxy groups -OCH3 is 3. The van der Waals surface area contributed by atoms with Crippen molar-refractivity contribution in [2.24, 2.45) is 7.05 Å². The lowest BCUT2D eigenvalue weighted by atomic mass is 9.88. The second kappa shape index (κ2) is 13.2. The fraction of sp³-hybridized carbons (Fsp3) is 0.270. The van der Waals surface area contributed by atoms with E-state index in [1.54, 1.807) is 38.5 Å². The van der Waals surface area contributed by atoms with Crippen LogP contribution in [0.2, 0.25) is 0 Å². The Balaban J connectivity index is 1.31. The van der Waals surface area contributed by atoms with E-state index in [2.05, 4.69) is 24.1 Å². The van der Waals surface area contributed by atoms with Gasteiger partial charge in [-0.25, -0.2) is 4.57 Å². The molecule has 0 spiro atoms. The second-order valence-electron chi connectivity index (χ2n) is 11.5. The predicted molar refractivity (Wildman–Crippen MR) is 172 cm³/mol. The molecular weight excluding hydrogens is 584 g/mol. The number of benzene rings is 4. The number of hydrogen-bond donors (Lipinski definition) is 1. The van der Waals surface area contributed by atoms with Crippen LogP contribution in [0.15, 0.2) is 79.1 Å². The maximum Gasteiger partial charge on any atom is 0.180 e. The van der Waals surface area contributed by atoms with Gasteiger partial charge in [0, 0.05) is 24.0 Å². The number of ether oxygens (including phenoxy) is 5. The van der Waals surface area contributed by atoms with Gasteiger partial charge in [-0.15, -0.1) is 0 Å². The van der Waals surface area contributed by atoms with Crippen LogP contribution < -0.4 is 33.4 Å². The van der Waals surface area contributed by atoms with Gasteiger partial charge in [0.15, 0.2) is 35.4 Å². The van der Waals surface area contributed by atoms with Crippen LogP contribution in [-0.2, 0) is 26.5 Å². The summed E-state index contributed by atoms with van der Waals surface area (Å²) in [6, 6.07) is 21.1. The van der Waals surface area contributed by atoms with E-state index in [-0.39, 0.29) is 29.9 Å². The summed E-state index contributed by atoms with van der Waals surface area (Å²) in [6.07, 6.45) is 5.41. The molecule has 1 aromatic heterocycles. The van der Waals surface area contributed by atoms with Crippen LogP contribution in [0.25, 0.3) is 10.8 Å². The van der Waals surface area contributed by atoms with E-state index >= 15 is 0 Å².